The van der Waals surface area contributed by atoms with Gasteiger partial charge in [-0.2, -0.15) is 0 Å². The first-order valence-corrected chi connectivity index (χ1v) is 8.82. The zero-order valence-corrected chi connectivity index (χ0v) is 15.1. The molecule has 0 unspecified atom stereocenters. The van der Waals surface area contributed by atoms with Gasteiger partial charge in [0, 0.05) is 16.2 Å². The molecular weight excluding hydrogens is 394 g/mol. The summed E-state index contributed by atoms with van der Waals surface area (Å²) in [6, 6.07) is 12.0. The molecule has 0 saturated heterocycles. The Labute approximate surface area is 157 Å². The van der Waals surface area contributed by atoms with Crippen LogP contribution in [0, 0.1) is 0 Å². The Hall–Kier alpha value is -3.06. The second kappa shape index (κ2) is 6.03. The molecule has 0 radical (unpaired) electrons. The monoisotopic (exact) mass is 405 g/mol. The van der Waals surface area contributed by atoms with E-state index in [2.05, 4.69) is 47.6 Å². The van der Waals surface area contributed by atoms with Crippen LogP contribution < -0.4 is 0 Å². The number of halogens is 1. The van der Waals surface area contributed by atoms with Crippen LogP contribution in [-0.4, -0.2) is 25.2 Å². The molecule has 26 heavy (non-hydrogen) atoms. The number of hydrogen-bond donors (Lipinski definition) is 0. The molecule has 0 atom stereocenters. The summed E-state index contributed by atoms with van der Waals surface area (Å²) in [5.41, 5.74) is 5.40. The third-order valence-electron chi connectivity index (χ3n) is 4.30. The van der Waals surface area contributed by atoms with Gasteiger partial charge in [0.1, 0.15) is 12.0 Å². The molecule has 126 valence electrons. The highest BCUT2D eigenvalue weighted by molar-refractivity contribution is 9.10. The van der Waals surface area contributed by atoms with Crippen molar-refractivity contribution in [2.75, 3.05) is 0 Å². The molecule has 7 heteroatoms. The van der Waals surface area contributed by atoms with Crippen molar-refractivity contribution in [3.05, 3.63) is 82.9 Å². The number of nitrogens with zero attached hydrogens (tertiary/aromatic N) is 5. The van der Waals surface area contributed by atoms with Crippen molar-refractivity contribution in [2.24, 2.45) is 4.99 Å². The van der Waals surface area contributed by atoms with E-state index in [9.17, 15) is 0 Å². The van der Waals surface area contributed by atoms with E-state index >= 15 is 0 Å². The van der Waals surface area contributed by atoms with Crippen LogP contribution in [-0.2, 0) is 6.54 Å². The summed E-state index contributed by atoms with van der Waals surface area (Å²) in [5.74, 6) is 0.633. The highest BCUT2D eigenvalue weighted by Gasteiger charge is 2.23. The average Bonchev–Trinajstić information content (AvgIpc) is 3.30. The van der Waals surface area contributed by atoms with E-state index in [0.717, 1.165) is 38.5 Å². The van der Waals surface area contributed by atoms with Crippen LogP contribution in [0.15, 0.2) is 75.4 Å². The van der Waals surface area contributed by atoms with Gasteiger partial charge in [-0.15, -0.1) is 0 Å². The Morgan fingerprint density at radius 3 is 2.88 bits per heavy atom. The largest absolute Gasteiger partial charge is 0.442 e. The van der Waals surface area contributed by atoms with E-state index in [1.165, 1.54) is 6.39 Å². The highest BCUT2D eigenvalue weighted by Crippen LogP contribution is 2.31. The number of aliphatic imine (C=N–C) groups is 1. The van der Waals surface area contributed by atoms with E-state index in [0.29, 0.717) is 12.3 Å². The summed E-state index contributed by atoms with van der Waals surface area (Å²) in [6.07, 6.45) is 6.66. The number of rotatable bonds is 2. The number of oxazole rings is 1. The summed E-state index contributed by atoms with van der Waals surface area (Å²) in [5, 5.41) is 0. The molecule has 0 fully saturated rings. The fourth-order valence-electron chi connectivity index (χ4n) is 3.14. The van der Waals surface area contributed by atoms with E-state index in [4.69, 9.17) is 9.41 Å². The molecule has 4 heterocycles. The Morgan fingerprint density at radius 2 is 2.08 bits per heavy atom. The molecular formula is C19H12BrN5O. The fraction of sp³-hybridized carbons (Fsp3) is 0.0526. The van der Waals surface area contributed by atoms with Crippen LogP contribution in [0.2, 0.25) is 0 Å². The lowest BCUT2D eigenvalue weighted by Gasteiger charge is -2.11. The van der Waals surface area contributed by atoms with Gasteiger partial charge < -0.3 is 4.42 Å². The molecule has 5 rings (SSSR count). The predicted octanol–water partition coefficient (Wildman–Crippen LogP) is 4.04. The second-order valence-corrected chi connectivity index (χ2v) is 6.73. The number of fused-ring (bicyclic) bond motifs is 3. The summed E-state index contributed by atoms with van der Waals surface area (Å²) < 4.78 is 8.49. The number of pyridine rings is 1. The van der Waals surface area contributed by atoms with Crippen LogP contribution in [0.25, 0.3) is 17.1 Å². The molecule has 1 aromatic carbocycles. The fourth-order valence-corrected chi connectivity index (χ4v) is 3.50. The van der Waals surface area contributed by atoms with Gasteiger partial charge in [0.05, 0.1) is 35.5 Å². The van der Waals surface area contributed by atoms with Crippen LogP contribution >= 0.6 is 15.9 Å². The van der Waals surface area contributed by atoms with Crippen molar-refractivity contribution < 1.29 is 4.42 Å². The minimum atomic E-state index is 0.467. The van der Waals surface area contributed by atoms with Crippen LogP contribution in [0.3, 0.4) is 0 Å². The zero-order chi connectivity index (χ0) is 17.5. The smallest absolute Gasteiger partial charge is 0.181 e. The number of imidazole rings is 1. The molecule has 0 spiro atoms. The second-order valence-electron chi connectivity index (χ2n) is 5.82. The first-order valence-electron chi connectivity index (χ1n) is 8.02. The summed E-state index contributed by atoms with van der Waals surface area (Å²) >= 11 is 3.57. The van der Waals surface area contributed by atoms with Crippen molar-refractivity contribution in [1.82, 2.24) is 19.5 Å². The molecule has 0 saturated carbocycles. The van der Waals surface area contributed by atoms with Gasteiger partial charge in [-0.05, 0) is 30.3 Å². The summed E-state index contributed by atoms with van der Waals surface area (Å²) in [6.45, 7) is 0.467. The minimum absolute atomic E-state index is 0.467. The van der Waals surface area contributed by atoms with Gasteiger partial charge in [0.15, 0.2) is 12.2 Å². The first kappa shape index (κ1) is 15.2. The highest BCUT2D eigenvalue weighted by atomic mass is 79.9. The minimum Gasteiger partial charge on any atom is -0.442 e. The van der Waals surface area contributed by atoms with E-state index < -0.39 is 0 Å². The molecule has 4 aromatic rings. The van der Waals surface area contributed by atoms with Crippen molar-refractivity contribution in [1.29, 1.82) is 0 Å². The first-order chi connectivity index (χ1) is 12.8. The van der Waals surface area contributed by atoms with E-state index in [-0.39, 0.29) is 0 Å². The number of aromatic nitrogens is 4. The molecule has 1 aliphatic heterocycles. The maximum Gasteiger partial charge on any atom is 0.181 e. The lowest BCUT2D eigenvalue weighted by Crippen LogP contribution is -2.08. The molecule has 0 N–H and O–H groups in total. The molecule has 6 nitrogen and oxygen atoms in total. The van der Waals surface area contributed by atoms with Gasteiger partial charge in [0.25, 0.3) is 0 Å². The maximum atomic E-state index is 5.45. The van der Waals surface area contributed by atoms with Gasteiger partial charge in [-0.25, -0.2) is 9.97 Å². The number of hydrogen-bond acceptors (Lipinski definition) is 5. The van der Waals surface area contributed by atoms with Crippen molar-refractivity contribution >= 4 is 21.6 Å². The normalized spacial score (nSPS) is 12.9. The topological polar surface area (TPSA) is 69.1 Å². The van der Waals surface area contributed by atoms with E-state index in [1.54, 1.807) is 18.7 Å². The Morgan fingerprint density at radius 1 is 1.12 bits per heavy atom. The van der Waals surface area contributed by atoms with Gasteiger partial charge in [0.2, 0.25) is 0 Å². The van der Waals surface area contributed by atoms with Gasteiger partial charge in [-0.3, -0.25) is 14.5 Å². The molecule has 0 amide bonds. The summed E-state index contributed by atoms with van der Waals surface area (Å²) in [7, 11) is 0. The van der Waals surface area contributed by atoms with Crippen LogP contribution in [0.1, 0.15) is 17.0 Å². The zero-order valence-electron chi connectivity index (χ0n) is 13.5. The number of benzene rings is 1. The van der Waals surface area contributed by atoms with Gasteiger partial charge in [-0.1, -0.05) is 22.0 Å². The van der Waals surface area contributed by atoms with Crippen molar-refractivity contribution in [3.63, 3.8) is 0 Å². The average molecular weight is 406 g/mol. The molecule has 3 aromatic heterocycles. The molecule has 1 aliphatic rings. The molecule has 0 bridgehead atoms. The van der Waals surface area contributed by atoms with Crippen molar-refractivity contribution in [2.45, 2.75) is 6.54 Å². The third-order valence-corrected chi connectivity index (χ3v) is 4.79. The Kier molecular flexibility index (Phi) is 3.53. The lowest BCUT2D eigenvalue weighted by atomic mass is 10.0. The predicted molar refractivity (Wildman–Crippen MR) is 100 cm³/mol. The lowest BCUT2D eigenvalue weighted by molar-refractivity contribution is 0.569. The SMILES string of the molecule is Brc1ccc2c(c1)C(c1ccccn1)=NCc1c(-c3cnco3)ncn1-2. The van der Waals surface area contributed by atoms with Crippen LogP contribution in [0.4, 0.5) is 0 Å². The van der Waals surface area contributed by atoms with E-state index in [1.807, 2.05) is 24.3 Å². The molecule has 0 aliphatic carbocycles. The van der Waals surface area contributed by atoms with Crippen molar-refractivity contribution in [3.8, 4) is 17.1 Å². The Bertz CT molecular complexity index is 1120. The maximum absolute atomic E-state index is 5.45. The quantitative estimate of drug-likeness (QED) is 0.504. The summed E-state index contributed by atoms with van der Waals surface area (Å²) in [4.78, 5) is 17.9. The van der Waals surface area contributed by atoms with Gasteiger partial charge >= 0.3 is 0 Å². The Balaban J connectivity index is 1.76. The van der Waals surface area contributed by atoms with Crippen LogP contribution in [0.5, 0.6) is 0 Å². The standard InChI is InChI=1S/C19H12BrN5O/c20-12-4-5-15-13(7-12)18(14-3-1-2-6-22-14)23-8-16-19(24-10-25(15)16)17-9-21-11-26-17/h1-7,9-11H,8H2. The third kappa shape index (κ3) is 2.40.